The van der Waals surface area contributed by atoms with Crippen LogP contribution in [0, 0.1) is 3.57 Å². The summed E-state index contributed by atoms with van der Waals surface area (Å²) in [5.74, 6) is 0. The minimum Gasteiger partial charge on any atom is -0.332 e. The topological polar surface area (TPSA) is 17.8 Å². The summed E-state index contributed by atoms with van der Waals surface area (Å²) in [6.45, 7) is 3.08. The molecule has 13 heavy (non-hydrogen) atoms. The third-order valence-corrected chi connectivity index (χ3v) is 3.48. The molecule has 2 aromatic heterocycles. The number of hydrogen-bond donors (Lipinski definition) is 0. The van der Waals surface area contributed by atoms with Gasteiger partial charge in [-0.2, -0.15) is 0 Å². The summed E-state index contributed by atoms with van der Waals surface area (Å²) in [6.07, 6.45) is 3.96. The van der Waals surface area contributed by atoms with E-state index in [2.05, 4.69) is 61.2 Å². The first-order valence-electron chi connectivity index (χ1n) is 4.03. The second kappa shape index (κ2) is 3.57. The zero-order valence-electron chi connectivity index (χ0n) is 7.09. The van der Waals surface area contributed by atoms with E-state index in [1.54, 1.807) is 0 Å². The van der Waals surface area contributed by atoms with Gasteiger partial charge in [0.05, 0.1) is 0 Å². The molecule has 0 aliphatic rings. The third-order valence-electron chi connectivity index (χ3n) is 2.00. The minimum absolute atomic E-state index is 0.961. The highest BCUT2D eigenvalue weighted by molar-refractivity contribution is 14.1. The second-order valence-electron chi connectivity index (χ2n) is 2.75. The molecule has 2 heterocycles. The van der Waals surface area contributed by atoms with E-state index in [1.807, 2.05) is 12.3 Å². The van der Waals surface area contributed by atoms with Crippen molar-refractivity contribution in [3.63, 3.8) is 0 Å². The molecule has 0 atom stereocenters. The first kappa shape index (κ1) is 9.45. The molecular formula is C9H8BrIN2. The molecule has 0 N–H and O–H groups in total. The molecule has 0 bridgehead atoms. The first-order chi connectivity index (χ1) is 6.24. The molecule has 0 saturated carbocycles. The second-order valence-corrected chi connectivity index (χ2v) is 4.77. The van der Waals surface area contributed by atoms with Crippen LogP contribution in [-0.2, 0) is 6.54 Å². The SMILES string of the molecule is CCn1cc(I)c2c(Br)ccnc21. The van der Waals surface area contributed by atoms with Crippen LogP contribution in [0.5, 0.6) is 0 Å². The molecule has 0 unspecified atom stereocenters. The number of aromatic nitrogens is 2. The van der Waals surface area contributed by atoms with Gasteiger partial charge in [0.25, 0.3) is 0 Å². The van der Waals surface area contributed by atoms with Gasteiger partial charge in [-0.3, -0.25) is 0 Å². The standard InChI is InChI=1S/C9H8BrIN2/c1-2-13-5-7(11)8-6(10)3-4-12-9(8)13/h3-5H,2H2,1H3. The van der Waals surface area contributed by atoms with Crippen LogP contribution in [0.2, 0.25) is 0 Å². The molecule has 4 heteroatoms. The van der Waals surface area contributed by atoms with Gasteiger partial charge >= 0.3 is 0 Å². The molecule has 0 fully saturated rings. The molecule has 68 valence electrons. The van der Waals surface area contributed by atoms with Gasteiger partial charge in [-0.25, -0.2) is 4.98 Å². The van der Waals surface area contributed by atoms with Gasteiger partial charge in [-0.05, 0) is 51.5 Å². The van der Waals surface area contributed by atoms with Crippen molar-refractivity contribution < 1.29 is 0 Å². The van der Waals surface area contributed by atoms with E-state index in [1.165, 1.54) is 8.96 Å². The maximum absolute atomic E-state index is 4.36. The fourth-order valence-corrected chi connectivity index (χ4v) is 3.12. The fraction of sp³-hybridized carbons (Fsp3) is 0.222. The summed E-state index contributed by atoms with van der Waals surface area (Å²) in [6, 6.07) is 1.98. The van der Waals surface area contributed by atoms with E-state index in [0.29, 0.717) is 0 Å². The highest BCUT2D eigenvalue weighted by Crippen LogP contribution is 2.28. The minimum atomic E-state index is 0.961. The van der Waals surface area contributed by atoms with Crippen LogP contribution in [0.3, 0.4) is 0 Å². The summed E-state index contributed by atoms with van der Waals surface area (Å²) in [4.78, 5) is 4.36. The molecule has 0 radical (unpaired) electrons. The van der Waals surface area contributed by atoms with E-state index in [9.17, 15) is 0 Å². The van der Waals surface area contributed by atoms with E-state index < -0.39 is 0 Å². The molecule has 2 nitrogen and oxygen atoms in total. The maximum Gasteiger partial charge on any atom is 0.142 e. The molecular weight excluding hydrogens is 343 g/mol. The summed E-state index contributed by atoms with van der Waals surface area (Å²) in [5.41, 5.74) is 1.06. The van der Waals surface area contributed by atoms with Crippen molar-refractivity contribution in [2.45, 2.75) is 13.5 Å². The number of halogens is 2. The van der Waals surface area contributed by atoms with Crippen molar-refractivity contribution in [3.05, 3.63) is 26.5 Å². The third kappa shape index (κ3) is 1.50. The van der Waals surface area contributed by atoms with Crippen LogP contribution >= 0.6 is 38.5 Å². The number of nitrogens with zero attached hydrogens (tertiary/aromatic N) is 2. The van der Waals surface area contributed by atoms with Crippen molar-refractivity contribution in [1.29, 1.82) is 0 Å². The first-order valence-corrected chi connectivity index (χ1v) is 5.90. The van der Waals surface area contributed by atoms with Gasteiger partial charge in [-0.15, -0.1) is 0 Å². The Morgan fingerprint density at radius 1 is 1.62 bits per heavy atom. The summed E-state index contributed by atoms with van der Waals surface area (Å²) in [5, 5.41) is 1.21. The Bertz CT molecular complexity index is 450. The van der Waals surface area contributed by atoms with Crippen molar-refractivity contribution in [2.75, 3.05) is 0 Å². The number of pyridine rings is 1. The fourth-order valence-electron chi connectivity index (χ4n) is 1.37. The van der Waals surface area contributed by atoms with Crippen LogP contribution in [0.15, 0.2) is 22.9 Å². The predicted molar refractivity (Wildman–Crippen MR) is 65.8 cm³/mol. The van der Waals surface area contributed by atoms with Gasteiger partial charge in [0, 0.05) is 32.4 Å². The van der Waals surface area contributed by atoms with Crippen molar-refractivity contribution in [2.24, 2.45) is 0 Å². The summed E-state index contributed by atoms with van der Waals surface area (Å²) < 4.78 is 4.52. The van der Waals surface area contributed by atoms with Gasteiger partial charge in [0.2, 0.25) is 0 Å². The van der Waals surface area contributed by atoms with E-state index >= 15 is 0 Å². The monoisotopic (exact) mass is 350 g/mol. The molecule has 0 saturated heterocycles. The zero-order valence-corrected chi connectivity index (χ0v) is 10.8. The quantitative estimate of drug-likeness (QED) is 0.720. The van der Waals surface area contributed by atoms with Crippen molar-refractivity contribution in [3.8, 4) is 0 Å². The molecule has 0 aliphatic carbocycles. The van der Waals surface area contributed by atoms with Gasteiger partial charge in [0.15, 0.2) is 0 Å². The van der Waals surface area contributed by atoms with Gasteiger partial charge < -0.3 is 4.57 Å². The molecule has 0 aliphatic heterocycles. The highest BCUT2D eigenvalue weighted by Gasteiger charge is 2.08. The van der Waals surface area contributed by atoms with E-state index in [-0.39, 0.29) is 0 Å². The Labute approximate surface area is 98.6 Å². The van der Waals surface area contributed by atoms with Crippen LogP contribution in [0.25, 0.3) is 11.0 Å². The Morgan fingerprint density at radius 3 is 3.08 bits per heavy atom. The Kier molecular flexibility index (Phi) is 2.60. The largest absolute Gasteiger partial charge is 0.332 e. The van der Waals surface area contributed by atoms with Crippen LogP contribution in [0.4, 0.5) is 0 Å². The summed E-state index contributed by atoms with van der Waals surface area (Å²) >= 11 is 5.87. The molecule has 0 amide bonds. The Balaban J connectivity index is 2.87. The van der Waals surface area contributed by atoms with Crippen molar-refractivity contribution >= 4 is 49.6 Å². The lowest BCUT2D eigenvalue weighted by molar-refractivity contribution is 0.786. The number of rotatable bonds is 1. The van der Waals surface area contributed by atoms with Gasteiger partial charge in [-0.1, -0.05) is 0 Å². The lowest BCUT2D eigenvalue weighted by Gasteiger charge is -1.98. The maximum atomic E-state index is 4.36. The summed E-state index contributed by atoms with van der Waals surface area (Å²) in [7, 11) is 0. The van der Waals surface area contributed by atoms with E-state index in [0.717, 1.165) is 16.7 Å². The van der Waals surface area contributed by atoms with Crippen molar-refractivity contribution in [1.82, 2.24) is 9.55 Å². The lowest BCUT2D eigenvalue weighted by Crippen LogP contribution is -1.92. The van der Waals surface area contributed by atoms with Crippen LogP contribution < -0.4 is 0 Å². The Morgan fingerprint density at radius 2 is 2.38 bits per heavy atom. The lowest BCUT2D eigenvalue weighted by atomic mass is 10.3. The molecule has 0 aromatic carbocycles. The predicted octanol–water partition coefficient (Wildman–Crippen LogP) is 3.42. The zero-order chi connectivity index (χ0) is 9.42. The molecule has 0 spiro atoms. The number of hydrogen-bond acceptors (Lipinski definition) is 1. The molecule has 2 rings (SSSR count). The van der Waals surface area contributed by atoms with Gasteiger partial charge in [0.1, 0.15) is 5.65 Å². The average molecular weight is 351 g/mol. The molecule has 2 aromatic rings. The van der Waals surface area contributed by atoms with Crippen LogP contribution in [-0.4, -0.2) is 9.55 Å². The van der Waals surface area contributed by atoms with Crippen LogP contribution in [0.1, 0.15) is 6.92 Å². The van der Waals surface area contributed by atoms with E-state index in [4.69, 9.17) is 0 Å². The number of aryl methyl sites for hydroxylation is 1. The smallest absolute Gasteiger partial charge is 0.142 e. The average Bonchev–Trinajstić information content (AvgIpc) is 2.44. The number of fused-ring (bicyclic) bond motifs is 1. The normalized spacial score (nSPS) is 11.0. The Hall–Kier alpha value is -0.100. The highest BCUT2D eigenvalue weighted by atomic mass is 127.